The molecule has 0 saturated heterocycles. The van der Waals surface area contributed by atoms with Crippen LogP contribution in [0.2, 0.25) is 5.28 Å². The molecule has 1 heterocycles. The predicted molar refractivity (Wildman–Crippen MR) is 97.4 cm³/mol. The number of halogens is 1. The highest BCUT2D eigenvalue weighted by Gasteiger charge is 2.08. The summed E-state index contributed by atoms with van der Waals surface area (Å²) in [5.41, 5.74) is 1.44. The van der Waals surface area contributed by atoms with Crippen LogP contribution in [0.25, 0.3) is 0 Å². The van der Waals surface area contributed by atoms with Crippen molar-refractivity contribution >= 4 is 44.7 Å². The number of rotatable bonds is 5. The average Bonchev–Trinajstić information content (AvgIpc) is 2.55. The number of sulfone groups is 1. The van der Waals surface area contributed by atoms with Crippen LogP contribution < -0.4 is 10.6 Å². The van der Waals surface area contributed by atoms with Crippen LogP contribution in [0.4, 0.5) is 23.3 Å². The molecule has 9 heteroatoms. The highest BCUT2D eigenvalue weighted by Crippen LogP contribution is 2.20. The Balaban J connectivity index is 1.81. The fourth-order valence-corrected chi connectivity index (χ4v) is 2.82. The van der Waals surface area contributed by atoms with Crippen LogP contribution in [-0.2, 0) is 9.84 Å². The first-order chi connectivity index (χ1) is 11.9. The summed E-state index contributed by atoms with van der Waals surface area (Å²) >= 11 is 5.95. The second-order valence-electron chi connectivity index (χ2n) is 5.16. The molecule has 2 aromatic carbocycles. The molecule has 128 valence electrons. The Morgan fingerprint density at radius 3 is 1.84 bits per heavy atom. The molecule has 0 atom stereocenters. The van der Waals surface area contributed by atoms with E-state index in [1.807, 2.05) is 30.3 Å². The van der Waals surface area contributed by atoms with Gasteiger partial charge < -0.3 is 10.6 Å². The lowest BCUT2D eigenvalue weighted by Gasteiger charge is -2.09. The van der Waals surface area contributed by atoms with Gasteiger partial charge in [-0.05, 0) is 48.0 Å². The van der Waals surface area contributed by atoms with Crippen molar-refractivity contribution in [3.8, 4) is 0 Å². The quantitative estimate of drug-likeness (QED) is 0.705. The average molecular weight is 376 g/mol. The molecular weight excluding hydrogens is 362 g/mol. The Bertz CT molecular complexity index is 979. The molecule has 0 radical (unpaired) electrons. The van der Waals surface area contributed by atoms with Gasteiger partial charge in [-0.3, -0.25) is 0 Å². The van der Waals surface area contributed by atoms with E-state index in [1.165, 1.54) is 12.1 Å². The number of hydrogen-bond donors (Lipinski definition) is 2. The molecule has 7 nitrogen and oxygen atoms in total. The lowest BCUT2D eigenvalue weighted by Crippen LogP contribution is -2.04. The molecule has 25 heavy (non-hydrogen) atoms. The Labute approximate surface area is 150 Å². The van der Waals surface area contributed by atoms with Crippen molar-refractivity contribution in [3.05, 3.63) is 59.9 Å². The molecular formula is C16H14ClN5O2S. The molecule has 1 aromatic heterocycles. The van der Waals surface area contributed by atoms with Crippen molar-refractivity contribution in [3.63, 3.8) is 0 Å². The first kappa shape index (κ1) is 17.1. The van der Waals surface area contributed by atoms with E-state index in [2.05, 4.69) is 25.6 Å². The van der Waals surface area contributed by atoms with Crippen LogP contribution in [0.1, 0.15) is 0 Å². The summed E-state index contributed by atoms with van der Waals surface area (Å²) in [6, 6.07) is 15.7. The zero-order valence-electron chi connectivity index (χ0n) is 13.1. The summed E-state index contributed by atoms with van der Waals surface area (Å²) in [7, 11) is -3.24. The molecule has 0 bridgehead atoms. The smallest absolute Gasteiger partial charge is 0.233 e. The van der Waals surface area contributed by atoms with E-state index >= 15 is 0 Å². The van der Waals surface area contributed by atoms with Gasteiger partial charge in [0.15, 0.2) is 9.84 Å². The fraction of sp³-hybridized carbons (Fsp3) is 0.0625. The normalized spacial score (nSPS) is 11.1. The van der Waals surface area contributed by atoms with E-state index in [0.717, 1.165) is 11.9 Å². The minimum atomic E-state index is -3.24. The molecule has 0 aliphatic rings. The summed E-state index contributed by atoms with van der Waals surface area (Å²) in [5.74, 6) is 0.534. The van der Waals surface area contributed by atoms with Crippen LogP contribution in [0, 0.1) is 0 Å². The third kappa shape index (κ3) is 4.65. The third-order valence-electron chi connectivity index (χ3n) is 3.18. The van der Waals surface area contributed by atoms with Gasteiger partial charge in [0.1, 0.15) is 0 Å². The van der Waals surface area contributed by atoms with Crippen molar-refractivity contribution in [1.29, 1.82) is 0 Å². The highest BCUT2D eigenvalue weighted by molar-refractivity contribution is 7.90. The van der Waals surface area contributed by atoms with E-state index in [9.17, 15) is 8.42 Å². The van der Waals surface area contributed by atoms with E-state index in [4.69, 9.17) is 11.6 Å². The Morgan fingerprint density at radius 2 is 1.32 bits per heavy atom. The molecule has 0 saturated carbocycles. The van der Waals surface area contributed by atoms with E-state index in [-0.39, 0.29) is 16.1 Å². The third-order valence-corrected chi connectivity index (χ3v) is 4.47. The van der Waals surface area contributed by atoms with Gasteiger partial charge >= 0.3 is 0 Å². The van der Waals surface area contributed by atoms with Gasteiger partial charge in [-0.15, -0.1) is 0 Å². The maximum absolute atomic E-state index is 11.5. The number of aromatic nitrogens is 3. The zero-order valence-corrected chi connectivity index (χ0v) is 14.7. The number of nitrogens with one attached hydrogen (secondary N) is 2. The molecule has 0 unspecified atom stereocenters. The van der Waals surface area contributed by atoms with Gasteiger partial charge in [0.2, 0.25) is 17.2 Å². The van der Waals surface area contributed by atoms with Gasteiger partial charge in [-0.1, -0.05) is 18.2 Å². The number of hydrogen-bond acceptors (Lipinski definition) is 7. The Hall–Kier alpha value is -2.71. The van der Waals surface area contributed by atoms with Gasteiger partial charge in [0.25, 0.3) is 0 Å². The van der Waals surface area contributed by atoms with Crippen molar-refractivity contribution in [1.82, 2.24) is 15.0 Å². The van der Waals surface area contributed by atoms with Crippen LogP contribution in [0.15, 0.2) is 59.5 Å². The standard InChI is InChI=1S/C16H14ClN5O2S/c1-25(23,24)13-9-7-12(8-10-13)19-16-21-14(17)20-15(22-16)18-11-5-3-2-4-6-11/h2-10H,1H3,(H2,18,19,20,21,22). The molecule has 0 fully saturated rings. The van der Waals surface area contributed by atoms with Crippen molar-refractivity contribution < 1.29 is 8.42 Å². The van der Waals surface area contributed by atoms with Crippen molar-refractivity contribution in [2.45, 2.75) is 4.90 Å². The summed E-state index contributed by atoms with van der Waals surface area (Å²) in [4.78, 5) is 12.5. The number of nitrogens with zero attached hydrogens (tertiary/aromatic N) is 3. The van der Waals surface area contributed by atoms with Crippen LogP contribution in [0.5, 0.6) is 0 Å². The summed E-state index contributed by atoms with van der Waals surface area (Å²) in [6.07, 6.45) is 1.16. The maximum atomic E-state index is 11.5. The second kappa shape index (κ2) is 7.04. The zero-order chi connectivity index (χ0) is 17.9. The SMILES string of the molecule is CS(=O)(=O)c1ccc(Nc2nc(Cl)nc(Nc3ccccc3)n2)cc1. The molecule has 3 aromatic rings. The summed E-state index contributed by atoms with van der Waals surface area (Å²) in [5, 5.41) is 6.03. The van der Waals surface area contributed by atoms with Gasteiger partial charge in [-0.2, -0.15) is 15.0 Å². The number of para-hydroxylation sites is 1. The minimum Gasteiger partial charge on any atom is -0.324 e. The number of benzene rings is 2. The van der Waals surface area contributed by atoms with Gasteiger partial charge in [0.05, 0.1) is 4.90 Å². The highest BCUT2D eigenvalue weighted by atomic mass is 35.5. The molecule has 0 aliphatic carbocycles. The Morgan fingerprint density at radius 1 is 0.800 bits per heavy atom. The largest absolute Gasteiger partial charge is 0.324 e. The molecule has 0 amide bonds. The van der Waals surface area contributed by atoms with Crippen molar-refractivity contribution in [2.75, 3.05) is 16.9 Å². The predicted octanol–water partition coefficient (Wildman–Crippen LogP) is 3.42. The molecule has 3 rings (SSSR count). The van der Waals surface area contributed by atoms with Crippen LogP contribution >= 0.6 is 11.6 Å². The second-order valence-corrected chi connectivity index (χ2v) is 7.52. The first-order valence-corrected chi connectivity index (χ1v) is 9.48. The minimum absolute atomic E-state index is 0.0312. The number of anilines is 4. The van der Waals surface area contributed by atoms with Crippen molar-refractivity contribution in [2.24, 2.45) is 0 Å². The first-order valence-electron chi connectivity index (χ1n) is 7.21. The maximum Gasteiger partial charge on any atom is 0.233 e. The lowest BCUT2D eigenvalue weighted by atomic mass is 10.3. The molecule has 0 aliphatic heterocycles. The van der Waals surface area contributed by atoms with E-state index in [1.54, 1.807) is 12.1 Å². The van der Waals surface area contributed by atoms with Crippen LogP contribution in [-0.4, -0.2) is 29.6 Å². The van der Waals surface area contributed by atoms with Crippen LogP contribution in [0.3, 0.4) is 0 Å². The molecule has 2 N–H and O–H groups in total. The topological polar surface area (TPSA) is 96.9 Å². The summed E-state index contributed by atoms with van der Waals surface area (Å²) < 4.78 is 23.0. The fourth-order valence-electron chi connectivity index (χ4n) is 2.03. The van der Waals surface area contributed by atoms with Gasteiger partial charge in [0, 0.05) is 17.6 Å². The Kier molecular flexibility index (Phi) is 4.82. The lowest BCUT2D eigenvalue weighted by molar-refractivity contribution is 0.602. The van der Waals surface area contributed by atoms with Gasteiger partial charge in [-0.25, -0.2) is 8.42 Å². The van der Waals surface area contributed by atoms with E-state index < -0.39 is 9.84 Å². The molecule has 0 spiro atoms. The summed E-state index contributed by atoms with van der Waals surface area (Å²) in [6.45, 7) is 0. The van der Waals surface area contributed by atoms with E-state index in [0.29, 0.717) is 11.6 Å². The monoisotopic (exact) mass is 375 g/mol.